The molecule has 13 fully saturated rings. The summed E-state index contributed by atoms with van der Waals surface area (Å²) in [5.74, 6) is 24.8. The average molecular weight is 1030 g/mol. The van der Waals surface area contributed by atoms with Crippen LogP contribution in [0.25, 0.3) is 0 Å². The lowest BCUT2D eigenvalue weighted by Crippen LogP contribution is -2.63. The lowest BCUT2D eigenvalue weighted by Gasteiger charge is -2.69. The van der Waals surface area contributed by atoms with E-state index < -0.39 is 0 Å². The summed E-state index contributed by atoms with van der Waals surface area (Å²) >= 11 is 0. The molecule has 0 nitrogen and oxygen atoms in total. The molecule has 0 saturated heterocycles. The Bertz CT molecular complexity index is 1650. The molecule has 0 aliphatic heterocycles. The summed E-state index contributed by atoms with van der Waals surface area (Å²) in [6.07, 6.45) is 18.0. The number of hydrogen-bond acceptors (Lipinski definition) is 0. The van der Waals surface area contributed by atoms with Crippen molar-refractivity contribution < 1.29 is 0 Å². The maximum atomic E-state index is 2.59. The molecule has 0 aromatic heterocycles. The summed E-state index contributed by atoms with van der Waals surface area (Å²) in [7, 11) is 0. The van der Waals surface area contributed by atoms with Gasteiger partial charge >= 0.3 is 0 Å². The standard InChI is InChI=1S/2C16H30.C15H28.C14H28.C13H24/c2*1-10(2)13-8-12-9-14(15(12,5)6)16(13,7)11(3)4;1-9(2)12-7-11-8-13(15(11,5)6)14(12)10(3)4;1-10(2)12-7-8-14(5,6)9-13(12)11(3)4;1-8(2)12-7-10-5-11(6-10)13(12)9(3)4/h2*10-14H,8-9H2,1-7H3;9-14H,7-8H2,1-6H3;10-13H,7-9H2,1-6H3;8-13H,5-7H2,1-4H3. The van der Waals surface area contributed by atoms with Crippen molar-refractivity contribution >= 4 is 0 Å². The fourth-order valence-corrected chi connectivity index (χ4v) is 22.0. The van der Waals surface area contributed by atoms with Crippen LogP contribution >= 0.6 is 0 Å². The van der Waals surface area contributed by atoms with Crippen LogP contribution in [0.3, 0.4) is 0 Å². The highest BCUT2D eigenvalue weighted by atomic mass is 14.7. The van der Waals surface area contributed by atoms with Crippen LogP contribution in [0.15, 0.2) is 0 Å². The van der Waals surface area contributed by atoms with E-state index in [0.29, 0.717) is 32.5 Å². The molecule has 0 aromatic rings. The van der Waals surface area contributed by atoms with Gasteiger partial charge in [-0.15, -0.1) is 0 Å². The van der Waals surface area contributed by atoms with E-state index in [0.717, 1.165) is 154 Å². The smallest absolute Gasteiger partial charge is 0.0238 e. The van der Waals surface area contributed by atoms with E-state index in [9.17, 15) is 0 Å². The van der Waals surface area contributed by atoms with Gasteiger partial charge in [0.25, 0.3) is 0 Å². The van der Waals surface area contributed by atoms with Gasteiger partial charge < -0.3 is 0 Å². The molecule has 16 atom stereocenters. The molecule has 0 N–H and O–H groups in total. The highest BCUT2D eigenvalue weighted by Gasteiger charge is 2.65. The SMILES string of the molecule is CC(C)C1CC2CC(C1C(C)C)C2(C)C.CC(C)C1CC2CC(C2(C)C)C1(C)C(C)C.CC(C)C1CC2CC(C2(C)C)C1(C)C(C)C.CC(C)C1CC2CC(C2)C1C(C)C.CC(C)C1CCC(C)(C)CC1C(C)C. The Morgan fingerprint density at radius 1 is 0.324 bits per heavy atom. The number of hydrogen-bond donors (Lipinski definition) is 0. The monoisotopic (exact) mass is 1030 g/mol. The van der Waals surface area contributed by atoms with E-state index in [1.165, 1.54) is 64.2 Å². The van der Waals surface area contributed by atoms with E-state index in [1.54, 1.807) is 12.8 Å². The van der Waals surface area contributed by atoms with Gasteiger partial charge in [-0.3, -0.25) is 0 Å². The maximum Gasteiger partial charge on any atom is -0.0238 e. The largest absolute Gasteiger partial charge is 0.0625 e. The first kappa shape index (κ1) is 64.8. The highest BCUT2D eigenvalue weighted by molar-refractivity contribution is 5.14. The van der Waals surface area contributed by atoms with Crippen molar-refractivity contribution in [2.45, 2.75) is 285 Å². The van der Waals surface area contributed by atoms with Crippen molar-refractivity contribution in [3.63, 3.8) is 0 Å². The Morgan fingerprint density at radius 3 is 1.01 bits per heavy atom. The fraction of sp³-hybridized carbons (Fsp3) is 1.00. The second-order valence-electron chi connectivity index (χ2n) is 35.9. The van der Waals surface area contributed by atoms with Gasteiger partial charge in [-0.05, 0) is 263 Å². The summed E-state index contributed by atoms with van der Waals surface area (Å²) in [5.41, 5.74) is 3.63. The van der Waals surface area contributed by atoms with Crippen molar-refractivity contribution in [3.05, 3.63) is 0 Å². The Kier molecular flexibility index (Phi) is 20.9. The van der Waals surface area contributed by atoms with Gasteiger partial charge in [-0.2, -0.15) is 0 Å². The van der Waals surface area contributed by atoms with Crippen LogP contribution in [0.1, 0.15) is 285 Å². The third kappa shape index (κ3) is 12.4. The Labute approximate surface area is 468 Å². The van der Waals surface area contributed by atoms with E-state index in [-0.39, 0.29) is 0 Å². The molecule has 436 valence electrons. The van der Waals surface area contributed by atoms with Crippen molar-refractivity contribution in [3.8, 4) is 0 Å². The fourth-order valence-electron chi connectivity index (χ4n) is 22.0. The zero-order valence-corrected chi connectivity index (χ0v) is 56.5. The number of rotatable bonds is 10. The molecule has 0 amide bonds. The molecule has 74 heavy (non-hydrogen) atoms. The highest BCUT2D eigenvalue weighted by Crippen LogP contribution is 2.72. The van der Waals surface area contributed by atoms with Gasteiger partial charge in [-0.1, -0.05) is 208 Å². The lowest BCUT2D eigenvalue weighted by molar-refractivity contribution is -0.210. The molecule has 0 spiro atoms. The molecule has 0 radical (unpaired) electrons. The second-order valence-corrected chi connectivity index (χ2v) is 35.9. The van der Waals surface area contributed by atoms with Gasteiger partial charge in [0.05, 0.1) is 0 Å². The van der Waals surface area contributed by atoms with Crippen LogP contribution < -0.4 is 0 Å². The first-order valence-corrected chi connectivity index (χ1v) is 33.7. The van der Waals surface area contributed by atoms with Crippen molar-refractivity contribution in [2.24, 2.45) is 186 Å². The summed E-state index contributed by atoms with van der Waals surface area (Å²) in [4.78, 5) is 0. The molecule has 16 unspecified atom stereocenters. The second kappa shape index (κ2) is 23.8. The minimum Gasteiger partial charge on any atom is -0.0625 e. The van der Waals surface area contributed by atoms with Gasteiger partial charge in [-0.25, -0.2) is 0 Å². The molecule has 0 aromatic carbocycles. The normalized spacial score (nSPS) is 42.5. The first-order chi connectivity index (χ1) is 33.7. The molecule has 13 saturated carbocycles. The van der Waals surface area contributed by atoms with Crippen LogP contribution in [0.4, 0.5) is 0 Å². The van der Waals surface area contributed by atoms with Gasteiger partial charge in [0, 0.05) is 0 Å². The van der Waals surface area contributed by atoms with Crippen LogP contribution in [0, 0.1) is 186 Å². The predicted molar refractivity (Wildman–Crippen MR) is 331 cm³/mol. The summed E-state index contributed by atoms with van der Waals surface area (Å²) < 4.78 is 0. The molecule has 0 heterocycles. The van der Waals surface area contributed by atoms with Crippen molar-refractivity contribution in [1.82, 2.24) is 0 Å². The summed E-state index contributed by atoms with van der Waals surface area (Å²) in [6.45, 7) is 73.7. The Balaban J connectivity index is 0.000000172. The topological polar surface area (TPSA) is 0 Å². The molecule has 13 rings (SSSR count). The molecule has 13 aliphatic rings. The molecular formula is C74H140. The predicted octanol–water partition coefficient (Wildman–Crippen LogP) is 23.3. The third-order valence-electron chi connectivity index (χ3n) is 27.7. The van der Waals surface area contributed by atoms with E-state index in [4.69, 9.17) is 0 Å². The van der Waals surface area contributed by atoms with Crippen LogP contribution in [-0.2, 0) is 0 Å². The van der Waals surface area contributed by atoms with Crippen molar-refractivity contribution in [1.29, 1.82) is 0 Å². The van der Waals surface area contributed by atoms with E-state index >= 15 is 0 Å². The zero-order valence-electron chi connectivity index (χ0n) is 56.5. The minimum absolute atomic E-state index is 0.576. The first-order valence-electron chi connectivity index (χ1n) is 33.7. The number of fused-ring (bicyclic) bond motifs is 8. The van der Waals surface area contributed by atoms with E-state index in [2.05, 4.69) is 208 Å². The van der Waals surface area contributed by atoms with Gasteiger partial charge in [0.2, 0.25) is 0 Å². The third-order valence-corrected chi connectivity index (χ3v) is 27.7. The zero-order chi connectivity index (χ0) is 56.5. The van der Waals surface area contributed by atoms with Crippen LogP contribution in [0.2, 0.25) is 0 Å². The molecule has 0 heteroatoms. The molecular weight excluding hydrogens is 889 g/mol. The summed E-state index contributed by atoms with van der Waals surface area (Å²) in [6, 6.07) is 0. The lowest BCUT2D eigenvalue weighted by atomic mass is 9.35. The molecule has 13 aliphatic carbocycles. The van der Waals surface area contributed by atoms with Gasteiger partial charge in [0.15, 0.2) is 0 Å². The minimum atomic E-state index is 0.576. The van der Waals surface area contributed by atoms with Crippen LogP contribution in [0.5, 0.6) is 0 Å². The maximum absolute atomic E-state index is 2.59. The Morgan fingerprint density at radius 2 is 0.703 bits per heavy atom. The van der Waals surface area contributed by atoms with E-state index in [1.807, 2.05) is 0 Å². The van der Waals surface area contributed by atoms with Crippen LogP contribution in [-0.4, -0.2) is 0 Å². The molecule has 8 bridgehead atoms. The van der Waals surface area contributed by atoms with Gasteiger partial charge in [0.1, 0.15) is 0 Å². The average Bonchev–Trinajstić information content (AvgIpc) is 3.27. The summed E-state index contributed by atoms with van der Waals surface area (Å²) in [5, 5.41) is 0. The Hall–Kier alpha value is 0. The quantitative estimate of drug-likeness (QED) is 0.205. The van der Waals surface area contributed by atoms with Crippen molar-refractivity contribution in [2.75, 3.05) is 0 Å².